The van der Waals surface area contributed by atoms with Crippen LogP contribution in [0.5, 0.6) is 0 Å². The van der Waals surface area contributed by atoms with Crippen LogP contribution in [0.3, 0.4) is 0 Å². The number of nitrogens with two attached hydrogens (primary N) is 1. The van der Waals surface area contributed by atoms with Crippen molar-refractivity contribution < 1.29 is 8.91 Å². The van der Waals surface area contributed by atoms with E-state index in [0.717, 1.165) is 4.90 Å². The van der Waals surface area contributed by atoms with Gasteiger partial charge in [0.1, 0.15) is 0 Å². The Morgan fingerprint density at radius 1 is 2.00 bits per heavy atom. The maximum atomic E-state index is 10.7. The van der Waals surface area contributed by atoms with Gasteiger partial charge in [-0.25, -0.2) is 0 Å². The first kappa shape index (κ1) is 3.81. The highest BCUT2D eigenvalue weighted by atomic mass is 16.1. The molecule has 2 N–H and O–H groups in total. The van der Waals surface area contributed by atoms with E-state index in [1.807, 2.05) is 0 Å². The van der Waals surface area contributed by atoms with Crippen molar-refractivity contribution in [2.75, 3.05) is 13.5 Å². The standard InChI is InChI=1S/C7H10N2O/c1-9-4-2-3-6(5-9)7(8)10/h2-3,5H,4H2,1H3,(H2,8,10)/i1D3. The lowest BCUT2D eigenvalue weighted by Gasteiger charge is -2.15. The fourth-order valence-corrected chi connectivity index (χ4v) is 0.703. The molecule has 0 unspecified atom stereocenters. The molecular formula is C7H10N2O. The lowest BCUT2D eigenvalue weighted by atomic mass is 10.2. The van der Waals surface area contributed by atoms with Gasteiger partial charge in [0, 0.05) is 23.8 Å². The van der Waals surface area contributed by atoms with Crippen LogP contribution in [0.2, 0.25) is 0 Å². The van der Waals surface area contributed by atoms with Crippen LogP contribution in [0, 0.1) is 0 Å². The number of carbonyl (C=O) groups excluding carboxylic acids is 1. The van der Waals surface area contributed by atoms with E-state index in [4.69, 9.17) is 9.85 Å². The Kier molecular flexibility index (Phi) is 0.974. The summed E-state index contributed by atoms with van der Waals surface area (Å²) in [5.41, 5.74) is 5.21. The van der Waals surface area contributed by atoms with E-state index in [9.17, 15) is 4.79 Å². The van der Waals surface area contributed by atoms with Crippen LogP contribution in [0.15, 0.2) is 23.9 Å². The van der Waals surface area contributed by atoms with Gasteiger partial charge < -0.3 is 10.6 Å². The van der Waals surface area contributed by atoms with Gasteiger partial charge >= 0.3 is 0 Å². The average molecular weight is 141 g/mol. The molecule has 0 aromatic carbocycles. The number of rotatable bonds is 1. The minimum atomic E-state index is -2.22. The maximum Gasteiger partial charge on any atom is 0.250 e. The Morgan fingerprint density at radius 2 is 2.80 bits per heavy atom. The van der Waals surface area contributed by atoms with Gasteiger partial charge in [0.05, 0.1) is 5.57 Å². The molecule has 3 heteroatoms. The zero-order valence-corrected chi connectivity index (χ0v) is 5.37. The van der Waals surface area contributed by atoms with Crippen LogP contribution in [-0.4, -0.2) is 24.3 Å². The molecule has 1 rings (SSSR count). The van der Waals surface area contributed by atoms with E-state index in [1.54, 1.807) is 6.08 Å². The van der Waals surface area contributed by atoms with Gasteiger partial charge in [-0.1, -0.05) is 12.2 Å². The van der Waals surface area contributed by atoms with Gasteiger partial charge in [0.15, 0.2) is 0 Å². The third kappa shape index (κ3) is 1.37. The molecule has 0 aromatic heterocycles. The smallest absolute Gasteiger partial charge is 0.250 e. The molecule has 1 heterocycles. The first-order valence-corrected chi connectivity index (χ1v) is 2.86. The molecule has 10 heavy (non-hydrogen) atoms. The van der Waals surface area contributed by atoms with Crippen molar-refractivity contribution in [3.63, 3.8) is 0 Å². The van der Waals surface area contributed by atoms with E-state index in [2.05, 4.69) is 0 Å². The molecule has 0 atom stereocenters. The minimum Gasteiger partial charge on any atom is -0.376 e. The largest absolute Gasteiger partial charge is 0.376 e. The molecule has 1 aliphatic heterocycles. The van der Waals surface area contributed by atoms with Crippen molar-refractivity contribution in [2.24, 2.45) is 5.73 Å². The molecule has 0 radical (unpaired) electrons. The average Bonchev–Trinajstić information content (AvgIpc) is 2.03. The lowest BCUT2D eigenvalue weighted by Crippen LogP contribution is -2.21. The van der Waals surface area contributed by atoms with Crippen molar-refractivity contribution >= 4 is 5.91 Å². The summed E-state index contributed by atoms with van der Waals surface area (Å²) < 4.78 is 21.3. The second-order valence-corrected chi connectivity index (χ2v) is 2.00. The van der Waals surface area contributed by atoms with Gasteiger partial charge in [-0.2, -0.15) is 0 Å². The van der Waals surface area contributed by atoms with E-state index in [1.165, 1.54) is 12.3 Å². The minimum absolute atomic E-state index is 0.211. The van der Waals surface area contributed by atoms with Gasteiger partial charge in [-0.3, -0.25) is 4.79 Å². The van der Waals surface area contributed by atoms with Crippen LogP contribution < -0.4 is 5.73 Å². The van der Waals surface area contributed by atoms with Crippen LogP contribution in [0.1, 0.15) is 4.11 Å². The number of carbonyl (C=O) groups is 1. The topological polar surface area (TPSA) is 46.3 Å². The first-order chi connectivity index (χ1) is 5.91. The SMILES string of the molecule is [2H]C([2H])([2H])N1C=C(C(N)=O)C=CC1. The van der Waals surface area contributed by atoms with Crippen molar-refractivity contribution in [1.82, 2.24) is 4.90 Å². The summed E-state index contributed by atoms with van der Waals surface area (Å²) in [4.78, 5) is 11.8. The van der Waals surface area contributed by atoms with Crippen molar-refractivity contribution in [3.05, 3.63) is 23.9 Å². The Labute approximate surface area is 64.0 Å². The number of hydrogen-bond donors (Lipinski definition) is 1. The number of primary amides is 1. The molecule has 1 aliphatic rings. The molecule has 0 fully saturated rings. The van der Waals surface area contributed by atoms with Crippen LogP contribution in [-0.2, 0) is 4.79 Å². The molecule has 0 aliphatic carbocycles. The van der Waals surface area contributed by atoms with Gasteiger partial charge in [0.25, 0.3) is 0 Å². The quantitative estimate of drug-likeness (QED) is 0.552. The summed E-state index contributed by atoms with van der Waals surface area (Å²) >= 11 is 0. The molecule has 0 saturated carbocycles. The molecule has 0 aromatic rings. The van der Waals surface area contributed by atoms with Crippen molar-refractivity contribution in [3.8, 4) is 0 Å². The van der Waals surface area contributed by atoms with Crippen LogP contribution in [0.4, 0.5) is 0 Å². The fourth-order valence-electron chi connectivity index (χ4n) is 0.703. The third-order valence-electron chi connectivity index (χ3n) is 1.18. The number of amides is 1. The lowest BCUT2D eigenvalue weighted by molar-refractivity contribution is -0.114. The van der Waals surface area contributed by atoms with Crippen molar-refractivity contribution in [2.45, 2.75) is 0 Å². The van der Waals surface area contributed by atoms with E-state index in [0.29, 0.717) is 0 Å². The Balaban J connectivity index is 2.85. The summed E-state index contributed by atoms with van der Waals surface area (Å²) in [7, 11) is 0. The van der Waals surface area contributed by atoms with Gasteiger partial charge in [0.2, 0.25) is 5.91 Å². The molecule has 0 bridgehead atoms. The molecular weight excluding hydrogens is 128 g/mol. The monoisotopic (exact) mass is 141 g/mol. The number of nitrogens with zero attached hydrogens (tertiary/aromatic N) is 1. The zero-order valence-electron chi connectivity index (χ0n) is 8.37. The van der Waals surface area contributed by atoms with Crippen molar-refractivity contribution in [1.29, 1.82) is 0 Å². The van der Waals surface area contributed by atoms with Crippen LogP contribution in [0.25, 0.3) is 0 Å². The second kappa shape index (κ2) is 2.56. The predicted octanol–water partition coefficient (Wildman–Crippen LogP) is -0.143. The van der Waals surface area contributed by atoms with E-state index >= 15 is 0 Å². The third-order valence-corrected chi connectivity index (χ3v) is 1.18. The molecule has 0 spiro atoms. The number of hydrogen-bond acceptors (Lipinski definition) is 2. The predicted molar refractivity (Wildman–Crippen MR) is 39.0 cm³/mol. The fraction of sp³-hybridized carbons (Fsp3) is 0.286. The first-order valence-electron chi connectivity index (χ1n) is 4.36. The van der Waals surface area contributed by atoms with E-state index in [-0.39, 0.29) is 12.1 Å². The summed E-state index contributed by atoms with van der Waals surface area (Å²) in [5, 5.41) is 0. The molecule has 3 nitrogen and oxygen atoms in total. The number of likely N-dealkylation sites (N-methyl/N-ethyl adjacent to an activating group) is 1. The summed E-state index contributed by atoms with van der Waals surface area (Å²) in [6.45, 7) is -1.95. The highest BCUT2D eigenvalue weighted by molar-refractivity contribution is 5.94. The highest BCUT2D eigenvalue weighted by Gasteiger charge is 2.04. The Morgan fingerprint density at radius 3 is 3.40 bits per heavy atom. The normalized spacial score (nSPS) is 22.6. The Hall–Kier alpha value is -1.25. The molecule has 0 saturated heterocycles. The van der Waals surface area contributed by atoms with Gasteiger partial charge in [-0.05, 0) is 0 Å². The summed E-state index contributed by atoms with van der Waals surface area (Å²) in [6.07, 6.45) is 4.37. The second-order valence-electron chi connectivity index (χ2n) is 2.00. The zero-order chi connectivity index (χ0) is 10.1. The highest BCUT2D eigenvalue weighted by Crippen LogP contribution is 2.03. The molecule has 1 amide bonds. The summed E-state index contributed by atoms with van der Waals surface area (Å²) in [5.74, 6) is -0.620. The van der Waals surface area contributed by atoms with Gasteiger partial charge in [-0.15, -0.1) is 0 Å². The van der Waals surface area contributed by atoms with E-state index < -0.39 is 12.9 Å². The molecule has 54 valence electrons. The van der Waals surface area contributed by atoms with Crippen LogP contribution >= 0.6 is 0 Å². The summed E-state index contributed by atoms with van der Waals surface area (Å²) in [6, 6.07) is 0. The Bertz CT molecular complexity index is 280. The maximum absolute atomic E-state index is 10.7.